The molecule has 2 aromatic heterocycles. The highest BCUT2D eigenvalue weighted by atomic mass is 32.2. The van der Waals surface area contributed by atoms with Crippen LogP contribution in [-0.2, 0) is 9.84 Å². The molecule has 1 unspecified atom stereocenters. The zero-order valence-electron chi connectivity index (χ0n) is 18.4. The standard InChI is InChI=1S/C23H22N6O5S/c30-12-18(14-4-2-1-3-5-14)28-21-17(22-25-13-26-34-22)11-24-23(29-21)27-15-6-7-20-16(10-15)19(31)8-9-35(20,32)33/h1-7,10-11,13,18-19,30-31H,8-9,12H2,(H2,24,27,28,29)/t18-,19?/m1/s1. The van der Waals surface area contributed by atoms with Gasteiger partial charge in [-0.2, -0.15) is 9.97 Å². The second-order valence-corrected chi connectivity index (χ2v) is 10.1. The Kier molecular flexibility index (Phi) is 6.16. The summed E-state index contributed by atoms with van der Waals surface area (Å²) in [5, 5.41) is 30.2. The fourth-order valence-electron chi connectivity index (χ4n) is 3.92. The molecule has 0 bridgehead atoms. The Bertz CT molecular complexity index is 1430. The van der Waals surface area contributed by atoms with Gasteiger partial charge in [-0.3, -0.25) is 0 Å². The van der Waals surface area contributed by atoms with E-state index in [9.17, 15) is 18.6 Å². The number of nitrogens with zero attached hydrogens (tertiary/aromatic N) is 4. The van der Waals surface area contributed by atoms with Crippen molar-refractivity contribution in [1.82, 2.24) is 20.1 Å². The first-order chi connectivity index (χ1) is 16.9. The van der Waals surface area contributed by atoms with E-state index in [0.29, 0.717) is 22.6 Å². The fraction of sp³-hybridized carbons (Fsp3) is 0.217. The second kappa shape index (κ2) is 9.41. The molecule has 0 radical (unpaired) electrons. The van der Waals surface area contributed by atoms with Crippen LogP contribution in [0.5, 0.6) is 0 Å². The fourth-order valence-corrected chi connectivity index (χ4v) is 5.50. The van der Waals surface area contributed by atoms with Gasteiger partial charge in [0.1, 0.15) is 11.4 Å². The maximum atomic E-state index is 12.3. The van der Waals surface area contributed by atoms with Crippen LogP contribution in [0.4, 0.5) is 17.5 Å². The number of sulfone groups is 1. The quantitative estimate of drug-likeness (QED) is 0.298. The first-order valence-corrected chi connectivity index (χ1v) is 12.5. The molecule has 2 aromatic carbocycles. The Hall–Kier alpha value is -3.87. The average Bonchev–Trinajstić information content (AvgIpc) is 3.40. The monoisotopic (exact) mass is 494 g/mol. The smallest absolute Gasteiger partial charge is 0.262 e. The molecule has 4 aromatic rings. The molecule has 3 heterocycles. The van der Waals surface area contributed by atoms with Crippen LogP contribution in [0.25, 0.3) is 11.5 Å². The molecule has 0 saturated carbocycles. The van der Waals surface area contributed by atoms with Crippen molar-refractivity contribution in [3.05, 3.63) is 72.2 Å². The highest BCUT2D eigenvalue weighted by Gasteiger charge is 2.29. The minimum absolute atomic E-state index is 0.0867. The molecule has 0 aliphatic carbocycles. The van der Waals surface area contributed by atoms with Crippen LogP contribution in [-0.4, -0.2) is 51.1 Å². The number of nitrogens with one attached hydrogen (secondary N) is 2. The summed E-state index contributed by atoms with van der Waals surface area (Å²) < 4.78 is 29.8. The summed E-state index contributed by atoms with van der Waals surface area (Å²) in [6.45, 7) is -0.197. The predicted octanol–water partition coefficient (Wildman–Crippen LogP) is 2.63. The van der Waals surface area contributed by atoms with Crippen LogP contribution in [0.1, 0.15) is 29.7 Å². The average molecular weight is 495 g/mol. The van der Waals surface area contributed by atoms with E-state index in [2.05, 4.69) is 30.7 Å². The molecule has 2 atom stereocenters. The third-order valence-electron chi connectivity index (χ3n) is 5.70. The molecule has 0 saturated heterocycles. The Morgan fingerprint density at radius 2 is 1.97 bits per heavy atom. The number of aliphatic hydroxyl groups is 2. The third kappa shape index (κ3) is 4.71. The Balaban J connectivity index is 1.49. The molecule has 11 nitrogen and oxygen atoms in total. The van der Waals surface area contributed by atoms with E-state index < -0.39 is 22.0 Å². The molecule has 1 aliphatic rings. The predicted molar refractivity (Wildman–Crippen MR) is 127 cm³/mol. The second-order valence-electron chi connectivity index (χ2n) is 7.99. The molecule has 12 heteroatoms. The van der Waals surface area contributed by atoms with Gasteiger partial charge in [0.25, 0.3) is 5.89 Å². The largest absolute Gasteiger partial charge is 0.394 e. The van der Waals surface area contributed by atoms with Crippen molar-refractivity contribution in [1.29, 1.82) is 0 Å². The van der Waals surface area contributed by atoms with Gasteiger partial charge in [0, 0.05) is 17.4 Å². The lowest BCUT2D eigenvalue weighted by Gasteiger charge is -2.22. The SMILES string of the molecule is O=S1(=O)CCC(O)c2cc(Nc3ncc(-c4ncno4)c(N[C@H](CO)c4ccccc4)n3)ccc21. The van der Waals surface area contributed by atoms with Gasteiger partial charge >= 0.3 is 0 Å². The summed E-state index contributed by atoms with van der Waals surface area (Å²) in [7, 11) is -3.42. The number of aliphatic hydroxyl groups excluding tert-OH is 2. The normalized spacial score (nSPS) is 17.4. The third-order valence-corrected chi connectivity index (χ3v) is 7.51. The summed E-state index contributed by atoms with van der Waals surface area (Å²) in [4.78, 5) is 13.1. The highest BCUT2D eigenvalue weighted by molar-refractivity contribution is 7.91. The number of anilines is 3. The van der Waals surface area contributed by atoms with Crippen LogP contribution in [0, 0.1) is 0 Å². The Morgan fingerprint density at radius 3 is 2.71 bits per heavy atom. The number of aromatic nitrogens is 4. The van der Waals surface area contributed by atoms with Crippen molar-refractivity contribution in [3.8, 4) is 11.5 Å². The van der Waals surface area contributed by atoms with Gasteiger partial charge < -0.3 is 25.4 Å². The van der Waals surface area contributed by atoms with Crippen LogP contribution in [0.3, 0.4) is 0 Å². The summed E-state index contributed by atoms with van der Waals surface area (Å²) in [5.41, 5.74) is 2.14. The molecule has 0 fully saturated rings. The molecular formula is C23H22N6O5S. The highest BCUT2D eigenvalue weighted by Crippen LogP contribution is 2.35. The van der Waals surface area contributed by atoms with E-state index in [1.165, 1.54) is 18.6 Å². The minimum Gasteiger partial charge on any atom is -0.394 e. The van der Waals surface area contributed by atoms with Crippen LogP contribution >= 0.6 is 0 Å². The number of hydrogen-bond donors (Lipinski definition) is 4. The van der Waals surface area contributed by atoms with Gasteiger partial charge in [0.2, 0.25) is 5.95 Å². The number of hydrogen-bond acceptors (Lipinski definition) is 11. The van der Waals surface area contributed by atoms with E-state index in [-0.39, 0.29) is 35.5 Å². The van der Waals surface area contributed by atoms with Gasteiger partial charge in [-0.15, -0.1) is 0 Å². The summed E-state index contributed by atoms with van der Waals surface area (Å²) in [5.74, 6) is 0.658. The van der Waals surface area contributed by atoms with Gasteiger partial charge in [-0.05, 0) is 30.2 Å². The summed E-state index contributed by atoms with van der Waals surface area (Å²) in [6.07, 6.45) is 2.04. The van der Waals surface area contributed by atoms with E-state index in [1.54, 1.807) is 12.1 Å². The van der Waals surface area contributed by atoms with E-state index in [4.69, 9.17) is 4.52 Å². The van der Waals surface area contributed by atoms with E-state index in [1.807, 2.05) is 30.3 Å². The van der Waals surface area contributed by atoms with Crippen molar-refractivity contribution < 1.29 is 23.2 Å². The van der Waals surface area contributed by atoms with Crippen molar-refractivity contribution in [2.24, 2.45) is 0 Å². The van der Waals surface area contributed by atoms with Crippen molar-refractivity contribution >= 4 is 27.3 Å². The topological polar surface area (TPSA) is 163 Å². The van der Waals surface area contributed by atoms with Crippen LogP contribution < -0.4 is 10.6 Å². The maximum Gasteiger partial charge on any atom is 0.262 e. The first-order valence-electron chi connectivity index (χ1n) is 10.8. The van der Waals surface area contributed by atoms with Crippen molar-refractivity contribution in [2.75, 3.05) is 23.0 Å². The van der Waals surface area contributed by atoms with Crippen LogP contribution in [0.2, 0.25) is 0 Å². The van der Waals surface area contributed by atoms with Crippen molar-refractivity contribution in [3.63, 3.8) is 0 Å². The zero-order chi connectivity index (χ0) is 24.4. The van der Waals surface area contributed by atoms with Crippen LogP contribution in [0.15, 0.2) is 70.5 Å². The van der Waals surface area contributed by atoms with Gasteiger partial charge in [-0.1, -0.05) is 35.5 Å². The number of benzene rings is 2. The van der Waals surface area contributed by atoms with Crippen molar-refractivity contribution in [2.45, 2.75) is 23.5 Å². The molecule has 5 rings (SSSR count). The lowest BCUT2D eigenvalue weighted by Crippen LogP contribution is -2.20. The molecule has 35 heavy (non-hydrogen) atoms. The van der Waals surface area contributed by atoms with E-state index in [0.717, 1.165) is 5.56 Å². The Morgan fingerprint density at radius 1 is 1.14 bits per heavy atom. The zero-order valence-corrected chi connectivity index (χ0v) is 19.2. The maximum absolute atomic E-state index is 12.3. The molecule has 0 amide bonds. The molecule has 0 spiro atoms. The first kappa shape index (κ1) is 22.9. The Labute approximate surface area is 200 Å². The minimum atomic E-state index is -3.42. The van der Waals surface area contributed by atoms with E-state index >= 15 is 0 Å². The lowest BCUT2D eigenvalue weighted by atomic mass is 10.1. The number of rotatable bonds is 7. The van der Waals surface area contributed by atoms with Gasteiger partial charge in [-0.25, -0.2) is 13.4 Å². The number of fused-ring (bicyclic) bond motifs is 1. The molecular weight excluding hydrogens is 472 g/mol. The lowest BCUT2D eigenvalue weighted by molar-refractivity contribution is 0.168. The molecule has 180 valence electrons. The molecule has 4 N–H and O–H groups in total. The van der Waals surface area contributed by atoms with Gasteiger partial charge in [0.15, 0.2) is 16.2 Å². The van der Waals surface area contributed by atoms with Gasteiger partial charge in [0.05, 0.1) is 29.4 Å². The molecule has 1 aliphatic heterocycles. The summed E-state index contributed by atoms with van der Waals surface area (Å²) >= 11 is 0. The summed E-state index contributed by atoms with van der Waals surface area (Å²) in [6, 6.07) is 13.6.